The van der Waals surface area contributed by atoms with Crippen molar-refractivity contribution in [3.8, 4) is 0 Å². The fourth-order valence-electron chi connectivity index (χ4n) is 5.05. The quantitative estimate of drug-likeness (QED) is 0.432. The topological polar surface area (TPSA) is 54.5 Å². The molecule has 5 heteroatoms. The average molecular weight is 432 g/mol. The number of benzene rings is 3. The maximum atomic E-state index is 13.7. The molecule has 0 radical (unpaired) electrons. The molecule has 5 rings (SSSR count). The second-order valence-corrected chi connectivity index (χ2v) is 10.4. The second kappa shape index (κ2) is 7.74. The average Bonchev–Trinajstić information content (AvgIpc) is 3.19. The first-order valence-corrected chi connectivity index (χ1v) is 12.2. The van der Waals surface area contributed by atoms with Crippen molar-refractivity contribution >= 4 is 26.6 Å². The molecule has 0 amide bonds. The molecular weight excluding hydrogens is 406 g/mol. The maximum Gasteiger partial charge on any atom is 0.243 e. The summed E-state index contributed by atoms with van der Waals surface area (Å²) >= 11 is 0. The van der Waals surface area contributed by atoms with Gasteiger partial charge in [0.05, 0.1) is 4.90 Å². The lowest BCUT2D eigenvalue weighted by Crippen LogP contribution is -2.38. The Bertz CT molecular complexity index is 1270. The lowest BCUT2D eigenvalue weighted by molar-refractivity contribution is 0.0910. The van der Waals surface area contributed by atoms with Crippen molar-refractivity contribution in [2.24, 2.45) is 11.8 Å². The van der Waals surface area contributed by atoms with Crippen molar-refractivity contribution in [3.05, 3.63) is 90.0 Å². The van der Waals surface area contributed by atoms with Gasteiger partial charge in [-0.25, -0.2) is 8.42 Å². The lowest BCUT2D eigenvalue weighted by atomic mass is 9.80. The molecule has 1 aliphatic carbocycles. The largest absolute Gasteiger partial charge is 0.294 e. The highest BCUT2D eigenvalue weighted by Crippen LogP contribution is 2.41. The number of fused-ring (bicyclic) bond motifs is 2. The van der Waals surface area contributed by atoms with Crippen molar-refractivity contribution in [1.82, 2.24) is 4.31 Å². The van der Waals surface area contributed by atoms with Crippen molar-refractivity contribution in [2.45, 2.75) is 30.7 Å². The summed E-state index contributed by atoms with van der Waals surface area (Å²) in [6.07, 6.45) is 5.72. The van der Waals surface area contributed by atoms with Gasteiger partial charge in [0, 0.05) is 30.0 Å². The van der Waals surface area contributed by atoms with Crippen LogP contribution in [0.15, 0.2) is 83.8 Å². The van der Waals surface area contributed by atoms with Crippen molar-refractivity contribution < 1.29 is 13.2 Å². The summed E-state index contributed by atoms with van der Waals surface area (Å²) in [7, 11) is -3.67. The van der Waals surface area contributed by atoms with Crippen LogP contribution in [-0.4, -0.2) is 31.1 Å². The number of Topliss-reactive ketones (excluding diaryl/α,β-unsaturated/α-hetero) is 1. The van der Waals surface area contributed by atoms with E-state index in [9.17, 15) is 13.2 Å². The highest BCUT2D eigenvalue weighted by molar-refractivity contribution is 7.89. The van der Waals surface area contributed by atoms with Crippen LogP contribution in [0.2, 0.25) is 0 Å². The van der Waals surface area contributed by atoms with E-state index < -0.39 is 10.0 Å². The molecule has 1 saturated heterocycles. The molecule has 3 atom stereocenters. The van der Waals surface area contributed by atoms with E-state index in [1.54, 1.807) is 16.4 Å². The third-order valence-corrected chi connectivity index (χ3v) is 8.57. The monoisotopic (exact) mass is 431 g/mol. The normalized spacial score (nSPS) is 23.7. The molecule has 0 spiro atoms. The highest BCUT2D eigenvalue weighted by atomic mass is 32.2. The Morgan fingerprint density at radius 1 is 0.968 bits per heavy atom. The third kappa shape index (κ3) is 3.42. The minimum Gasteiger partial charge on any atom is -0.294 e. The summed E-state index contributed by atoms with van der Waals surface area (Å²) < 4.78 is 28.6. The summed E-state index contributed by atoms with van der Waals surface area (Å²) in [4.78, 5) is 14.0. The zero-order valence-corrected chi connectivity index (χ0v) is 18.3. The molecule has 3 aromatic rings. The van der Waals surface area contributed by atoms with Gasteiger partial charge in [0.15, 0.2) is 5.78 Å². The number of allylic oxidation sites excluding steroid dienone is 1. The molecule has 0 N–H and O–H groups in total. The van der Waals surface area contributed by atoms with E-state index in [-0.39, 0.29) is 30.2 Å². The molecule has 1 aliphatic heterocycles. The van der Waals surface area contributed by atoms with Crippen LogP contribution in [0.4, 0.5) is 0 Å². The van der Waals surface area contributed by atoms with E-state index >= 15 is 0 Å². The number of carbonyl (C=O) groups excluding carboxylic acids is 1. The molecular formula is C26H25NO3S. The summed E-state index contributed by atoms with van der Waals surface area (Å²) in [5.41, 5.74) is 1.69. The predicted molar refractivity (Wildman–Crippen MR) is 122 cm³/mol. The van der Waals surface area contributed by atoms with E-state index in [2.05, 4.69) is 12.2 Å². The van der Waals surface area contributed by atoms with Crippen LogP contribution in [0.5, 0.6) is 0 Å². The smallest absolute Gasteiger partial charge is 0.243 e. The number of ketones is 1. The zero-order chi connectivity index (χ0) is 21.6. The minimum atomic E-state index is -3.67. The summed E-state index contributed by atoms with van der Waals surface area (Å²) in [6.45, 7) is 2.16. The van der Waals surface area contributed by atoms with Crippen molar-refractivity contribution in [3.63, 3.8) is 0 Å². The van der Waals surface area contributed by atoms with E-state index in [0.717, 1.165) is 29.2 Å². The van der Waals surface area contributed by atoms with Crippen LogP contribution >= 0.6 is 0 Å². The van der Waals surface area contributed by atoms with Gasteiger partial charge in [-0.1, -0.05) is 72.3 Å². The zero-order valence-electron chi connectivity index (χ0n) is 17.4. The predicted octanol–water partition coefficient (Wildman–Crippen LogP) is 4.99. The number of nitrogens with zero attached hydrogens (tertiary/aromatic N) is 1. The molecule has 158 valence electrons. The van der Waals surface area contributed by atoms with Crippen LogP contribution in [0.3, 0.4) is 0 Å². The van der Waals surface area contributed by atoms with E-state index in [1.165, 1.54) is 0 Å². The van der Waals surface area contributed by atoms with Crippen molar-refractivity contribution in [1.29, 1.82) is 0 Å². The minimum absolute atomic E-state index is 0.0277. The molecule has 4 nitrogen and oxygen atoms in total. The van der Waals surface area contributed by atoms with Gasteiger partial charge in [-0.05, 0) is 42.7 Å². The van der Waals surface area contributed by atoms with Gasteiger partial charge in [0.1, 0.15) is 0 Å². The van der Waals surface area contributed by atoms with Gasteiger partial charge in [0.2, 0.25) is 10.0 Å². The number of hydrogen-bond acceptors (Lipinski definition) is 3. The van der Waals surface area contributed by atoms with Gasteiger partial charge in [0.25, 0.3) is 0 Å². The number of rotatable bonds is 4. The SMILES string of the molecule is Cc1ccc(S(=O)(=O)N2C[C@H](C(=O)c3cccc4ccccc34)[C@H]3C=CCC[C@H]32)cc1. The standard InChI is InChI=1S/C26H25NO3S/c1-18-13-15-20(16-14-18)31(29,30)27-17-24(22-10-4-5-12-25(22)27)26(28)23-11-6-8-19-7-2-3-9-21(19)23/h2-4,6-11,13-16,22,24-25H,5,12,17H2,1H3/t22-,24+,25-/m1/s1. The highest BCUT2D eigenvalue weighted by Gasteiger charge is 2.49. The van der Waals surface area contributed by atoms with Gasteiger partial charge >= 0.3 is 0 Å². The van der Waals surface area contributed by atoms with E-state index in [1.807, 2.05) is 61.5 Å². The molecule has 3 aromatic carbocycles. The Labute approximate surface area is 183 Å². The van der Waals surface area contributed by atoms with Crippen LogP contribution in [0.25, 0.3) is 10.8 Å². The number of aryl methyl sites for hydroxylation is 1. The number of hydrogen-bond donors (Lipinski definition) is 0. The number of carbonyl (C=O) groups is 1. The fourth-order valence-corrected chi connectivity index (χ4v) is 6.76. The molecule has 0 bridgehead atoms. The molecule has 0 saturated carbocycles. The Morgan fingerprint density at radius 3 is 2.52 bits per heavy atom. The Kier molecular flexibility index (Phi) is 5.03. The first kappa shape index (κ1) is 20.2. The van der Waals surface area contributed by atoms with Gasteiger partial charge in [-0.3, -0.25) is 4.79 Å². The van der Waals surface area contributed by atoms with Crippen LogP contribution in [-0.2, 0) is 10.0 Å². The van der Waals surface area contributed by atoms with E-state index in [4.69, 9.17) is 0 Å². The summed E-state index contributed by atoms with van der Waals surface area (Å²) in [5, 5.41) is 1.94. The van der Waals surface area contributed by atoms with Crippen LogP contribution < -0.4 is 0 Å². The fraction of sp³-hybridized carbons (Fsp3) is 0.269. The summed E-state index contributed by atoms with van der Waals surface area (Å²) in [5.74, 6) is -0.451. The molecule has 0 unspecified atom stereocenters. The van der Waals surface area contributed by atoms with Crippen LogP contribution in [0, 0.1) is 18.8 Å². The Morgan fingerprint density at radius 2 is 1.71 bits per heavy atom. The molecule has 1 heterocycles. The van der Waals surface area contributed by atoms with Crippen LogP contribution in [0.1, 0.15) is 28.8 Å². The maximum absolute atomic E-state index is 13.7. The molecule has 2 aliphatic rings. The van der Waals surface area contributed by atoms with Gasteiger partial charge in [-0.15, -0.1) is 0 Å². The second-order valence-electron chi connectivity index (χ2n) is 8.54. The Hall–Kier alpha value is -2.76. The number of sulfonamides is 1. The molecule has 0 aromatic heterocycles. The third-order valence-electron chi connectivity index (χ3n) is 6.66. The molecule has 31 heavy (non-hydrogen) atoms. The van der Waals surface area contributed by atoms with Gasteiger partial charge < -0.3 is 0 Å². The first-order valence-electron chi connectivity index (χ1n) is 10.7. The lowest BCUT2D eigenvalue weighted by Gasteiger charge is -2.28. The van der Waals surface area contributed by atoms with Crippen molar-refractivity contribution in [2.75, 3.05) is 6.54 Å². The van der Waals surface area contributed by atoms with Gasteiger partial charge in [-0.2, -0.15) is 4.31 Å². The van der Waals surface area contributed by atoms with E-state index in [0.29, 0.717) is 10.5 Å². The Balaban J connectivity index is 1.54. The summed E-state index contributed by atoms with van der Waals surface area (Å²) in [6, 6.07) is 20.4. The molecule has 1 fully saturated rings. The first-order chi connectivity index (χ1) is 15.0.